The summed E-state index contributed by atoms with van der Waals surface area (Å²) < 4.78 is 5.29. The average molecular weight is 252 g/mol. The van der Waals surface area contributed by atoms with Crippen molar-refractivity contribution in [2.75, 3.05) is 13.6 Å². The molecule has 0 amide bonds. The van der Waals surface area contributed by atoms with E-state index in [9.17, 15) is 0 Å². The molecule has 2 rings (SSSR count). The lowest BCUT2D eigenvalue weighted by atomic mass is 10.1. The van der Waals surface area contributed by atoms with Crippen LogP contribution in [0.25, 0.3) is 0 Å². The minimum Gasteiger partial charge on any atom is -0.338 e. The summed E-state index contributed by atoms with van der Waals surface area (Å²) in [5.41, 5.74) is 5.83. The zero-order valence-corrected chi connectivity index (χ0v) is 11.6. The lowest BCUT2D eigenvalue weighted by molar-refractivity contribution is 0.189. The molecule has 102 valence electrons. The Morgan fingerprint density at radius 3 is 2.72 bits per heavy atom. The van der Waals surface area contributed by atoms with Gasteiger partial charge in [-0.15, -0.1) is 0 Å². The van der Waals surface area contributed by atoms with Gasteiger partial charge in [-0.25, -0.2) is 0 Å². The molecule has 5 heteroatoms. The average Bonchev–Trinajstić information content (AvgIpc) is 3.02. The van der Waals surface area contributed by atoms with Gasteiger partial charge < -0.3 is 10.3 Å². The third-order valence-corrected chi connectivity index (χ3v) is 3.46. The molecular weight excluding hydrogens is 228 g/mol. The number of hydrogen-bond acceptors (Lipinski definition) is 5. The molecule has 0 aromatic carbocycles. The van der Waals surface area contributed by atoms with Gasteiger partial charge in [0, 0.05) is 19.0 Å². The van der Waals surface area contributed by atoms with E-state index in [1.54, 1.807) is 0 Å². The topological polar surface area (TPSA) is 68.2 Å². The van der Waals surface area contributed by atoms with Crippen molar-refractivity contribution in [3.05, 3.63) is 11.7 Å². The highest BCUT2D eigenvalue weighted by Gasteiger charge is 2.33. The quantitative estimate of drug-likeness (QED) is 0.795. The molecule has 0 bridgehead atoms. The van der Waals surface area contributed by atoms with E-state index in [-0.39, 0.29) is 0 Å². The first-order valence-corrected chi connectivity index (χ1v) is 6.82. The summed E-state index contributed by atoms with van der Waals surface area (Å²) in [5, 5.41) is 4.01. The SMILES string of the molecule is CC(C)Cc1noc(CN(C)C(CN)C2CC2)n1. The molecule has 1 saturated carbocycles. The van der Waals surface area contributed by atoms with E-state index in [1.165, 1.54) is 12.8 Å². The van der Waals surface area contributed by atoms with E-state index in [2.05, 4.69) is 35.9 Å². The van der Waals surface area contributed by atoms with Crippen LogP contribution in [0.3, 0.4) is 0 Å². The summed E-state index contributed by atoms with van der Waals surface area (Å²) in [6, 6.07) is 0.449. The molecule has 0 aliphatic heterocycles. The number of nitrogens with two attached hydrogens (primary N) is 1. The van der Waals surface area contributed by atoms with Crippen molar-refractivity contribution >= 4 is 0 Å². The minimum absolute atomic E-state index is 0.449. The molecule has 0 saturated heterocycles. The Morgan fingerprint density at radius 2 is 2.17 bits per heavy atom. The highest BCUT2D eigenvalue weighted by atomic mass is 16.5. The second kappa shape index (κ2) is 5.80. The fourth-order valence-electron chi connectivity index (χ4n) is 2.35. The highest BCUT2D eigenvalue weighted by molar-refractivity contribution is 4.91. The van der Waals surface area contributed by atoms with Crippen LogP contribution >= 0.6 is 0 Å². The van der Waals surface area contributed by atoms with Gasteiger partial charge in [-0.1, -0.05) is 19.0 Å². The van der Waals surface area contributed by atoms with Crippen LogP contribution in [-0.2, 0) is 13.0 Å². The van der Waals surface area contributed by atoms with Gasteiger partial charge in [-0.05, 0) is 31.7 Å². The van der Waals surface area contributed by atoms with Crippen LogP contribution in [0, 0.1) is 11.8 Å². The van der Waals surface area contributed by atoms with Crippen molar-refractivity contribution in [3.8, 4) is 0 Å². The van der Waals surface area contributed by atoms with Crippen LogP contribution in [0.15, 0.2) is 4.52 Å². The molecule has 1 atom stereocenters. The van der Waals surface area contributed by atoms with Gasteiger partial charge in [0.15, 0.2) is 5.82 Å². The summed E-state index contributed by atoms with van der Waals surface area (Å²) >= 11 is 0. The number of likely N-dealkylation sites (N-methyl/N-ethyl adjacent to an activating group) is 1. The summed E-state index contributed by atoms with van der Waals surface area (Å²) in [6.45, 7) is 5.71. The van der Waals surface area contributed by atoms with Crippen LogP contribution in [0.4, 0.5) is 0 Å². The Bertz CT molecular complexity index is 373. The van der Waals surface area contributed by atoms with E-state index in [1.807, 2.05) is 0 Å². The van der Waals surface area contributed by atoms with E-state index in [4.69, 9.17) is 10.3 Å². The molecule has 1 fully saturated rings. The van der Waals surface area contributed by atoms with Crippen molar-refractivity contribution in [2.45, 2.75) is 45.7 Å². The maximum absolute atomic E-state index is 5.83. The summed E-state index contributed by atoms with van der Waals surface area (Å²) in [4.78, 5) is 6.67. The first-order chi connectivity index (χ1) is 8.60. The molecule has 2 N–H and O–H groups in total. The summed E-state index contributed by atoms with van der Waals surface area (Å²) in [6.07, 6.45) is 3.47. The standard InChI is InChI=1S/C13H24N4O/c1-9(2)6-12-15-13(18-16-12)8-17(3)11(7-14)10-4-5-10/h9-11H,4-8,14H2,1-3H3. The highest BCUT2D eigenvalue weighted by Crippen LogP contribution is 2.34. The minimum atomic E-state index is 0.449. The van der Waals surface area contributed by atoms with Gasteiger partial charge >= 0.3 is 0 Å². The normalized spacial score (nSPS) is 17.7. The van der Waals surface area contributed by atoms with Gasteiger partial charge in [0.05, 0.1) is 6.54 Å². The monoisotopic (exact) mass is 252 g/mol. The molecule has 0 spiro atoms. The van der Waals surface area contributed by atoms with Gasteiger partial charge in [0.25, 0.3) is 0 Å². The molecule has 1 aromatic heterocycles. The van der Waals surface area contributed by atoms with Gasteiger partial charge in [0.1, 0.15) is 0 Å². The van der Waals surface area contributed by atoms with E-state index < -0.39 is 0 Å². The number of rotatable bonds is 7. The first kappa shape index (κ1) is 13.5. The summed E-state index contributed by atoms with van der Waals surface area (Å²) in [5.74, 6) is 2.82. The Hall–Kier alpha value is -0.940. The van der Waals surface area contributed by atoms with E-state index in [0.717, 1.165) is 18.2 Å². The Kier molecular flexibility index (Phi) is 4.35. The third kappa shape index (κ3) is 3.53. The zero-order chi connectivity index (χ0) is 13.1. The fraction of sp³-hybridized carbons (Fsp3) is 0.846. The van der Waals surface area contributed by atoms with Gasteiger partial charge in [-0.2, -0.15) is 4.98 Å². The maximum atomic E-state index is 5.83. The van der Waals surface area contributed by atoms with Crippen molar-refractivity contribution < 1.29 is 4.52 Å². The smallest absolute Gasteiger partial charge is 0.240 e. The van der Waals surface area contributed by atoms with Crippen molar-refractivity contribution in [2.24, 2.45) is 17.6 Å². The molecular formula is C13H24N4O. The molecule has 1 heterocycles. The maximum Gasteiger partial charge on any atom is 0.240 e. The third-order valence-electron chi connectivity index (χ3n) is 3.46. The van der Waals surface area contributed by atoms with Crippen LogP contribution in [0.2, 0.25) is 0 Å². The second-order valence-electron chi connectivity index (χ2n) is 5.76. The fourth-order valence-corrected chi connectivity index (χ4v) is 2.35. The number of nitrogens with zero attached hydrogens (tertiary/aromatic N) is 3. The van der Waals surface area contributed by atoms with Crippen LogP contribution in [0.1, 0.15) is 38.4 Å². The van der Waals surface area contributed by atoms with Gasteiger partial charge in [-0.3, -0.25) is 4.90 Å². The molecule has 1 unspecified atom stereocenters. The zero-order valence-electron chi connectivity index (χ0n) is 11.6. The van der Waals surface area contributed by atoms with Crippen LogP contribution in [0.5, 0.6) is 0 Å². The van der Waals surface area contributed by atoms with Gasteiger partial charge in [0.2, 0.25) is 5.89 Å². The van der Waals surface area contributed by atoms with Crippen LogP contribution in [-0.4, -0.2) is 34.7 Å². The molecule has 5 nitrogen and oxygen atoms in total. The predicted octanol–water partition coefficient (Wildman–Crippen LogP) is 1.44. The van der Waals surface area contributed by atoms with E-state index >= 15 is 0 Å². The lowest BCUT2D eigenvalue weighted by Crippen LogP contribution is -2.39. The van der Waals surface area contributed by atoms with E-state index in [0.29, 0.717) is 30.9 Å². The molecule has 0 radical (unpaired) electrons. The Labute approximate surface area is 109 Å². The van der Waals surface area contributed by atoms with Crippen molar-refractivity contribution in [3.63, 3.8) is 0 Å². The summed E-state index contributed by atoms with van der Waals surface area (Å²) in [7, 11) is 2.09. The van der Waals surface area contributed by atoms with Crippen LogP contribution < -0.4 is 5.73 Å². The molecule has 1 aromatic rings. The second-order valence-corrected chi connectivity index (χ2v) is 5.76. The molecule has 18 heavy (non-hydrogen) atoms. The number of hydrogen-bond donors (Lipinski definition) is 1. The Balaban J connectivity index is 1.89. The first-order valence-electron chi connectivity index (χ1n) is 6.82. The number of aromatic nitrogens is 2. The lowest BCUT2D eigenvalue weighted by Gasteiger charge is -2.25. The largest absolute Gasteiger partial charge is 0.338 e. The molecule has 1 aliphatic rings. The predicted molar refractivity (Wildman–Crippen MR) is 69.9 cm³/mol. The molecule has 1 aliphatic carbocycles. The van der Waals surface area contributed by atoms with Crippen molar-refractivity contribution in [1.82, 2.24) is 15.0 Å². The van der Waals surface area contributed by atoms with Crippen molar-refractivity contribution in [1.29, 1.82) is 0 Å². The Morgan fingerprint density at radius 1 is 1.44 bits per heavy atom.